The number of anilines is 1. The third-order valence-corrected chi connectivity index (χ3v) is 4.92. The van der Waals surface area contributed by atoms with Crippen molar-refractivity contribution in [3.8, 4) is 17.1 Å². The smallest absolute Gasteiger partial charge is 0.256 e. The van der Waals surface area contributed by atoms with Gasteiger partial charge in [0.25, 0.3) is 5.91 Å². The molecule has 1 aromatic heterocycles. The summed E-state index contributed by atoms with van der Waals surface area (Å²) in [5.41, 5.74) is 3.84. The molecule has 0 radical (unpaired) electrons. The molecule has 0 aliphatic carbocycles. The van der Waals surface area contributed by atoms with E-state index in [2.05, 4.69) is 31.2 Å². The highest BCUT2D eigenvalue weighted by Crippen LogP contribution is 2.31. The summed E-state index contributed by atoms with van der Waals surface area (Å²) in [6.45, 7) is 0. The first-order valence-corrected chi connectivity index (χ1v) is 9.14. The van der Waals surface area contributed by atoms with Crippen LogP contribution < -0.4 is 10.1 Å². The fourth-order valence-electron chi connectivity index (χ4n) is 2.88. The maximum absolute atomic E-state index is 12.7. The fourth-order valence-corrected chi connectivity index (χ4v) is 3.34. The van der Waals surface area contributed by atoms with E-state index in [1.165, 1.54) is 0 Å². The fraction of sp³-hybridized carbons (Fsp3) is 0.0476. The van der Waals surface area contributed by atoms with Gasteiger partial charge in [-0.05, 0) is 58.4 Å². The molecule has 4 aromatic rings. The summed E-state index contributed by atoms with van der Waals surface area (Å²) in [5.74, 6) is 1.09. The summed E-state index contributed by atoms with van der Waals surface area (Å²) in [6.07, 6.45) is 0. The molecule has 6 heteroatoms. The maximum Gasteiger partial charge on any atom is 0.256 e. The average Bonchev–Trinajstić information content (AvgIpc) is 3.12. The van der Waals surface area contributed by atoms with Crippen molar-refractivity contribution in [3.63, 3.8) is 0 Å². The minimum atomic E-state index is -0.220. The van der Waals surface area contributed by atoms with E-state index in [1.807, 2.05) is 60.7 Å². The van der Waals surface area contributed by atoms with Gasteiger partial charge in [-0.3, -0.25) is 4.79 Å². The zero-order valence-corrected chi connectivity index (χ0v) is 16.1. The van der Waals surface area contributed by atoms with E-state index in [0.29, 0.717) is 17.0 Å². The van der Waals surface area contributed by atoms with E-state index in [4.69, 9.17) is 4.74 Å². The predicted molar refractivity (Wildman–Crippen MR) is 110 cm³/mol. The monoisotopic (exact) mass is 421 g/mol. The van der Waals surface area contributed by atoms with Gasteiger partial charge in [0.1, 0.15) is 11.6 Å². The first-order valence-electron chi connectivity index (χ1n) is 8.35. The Labute approximate surface area is 164 Å². The van der Waals surface area contributed by atoms with Crippen LogP contribution in [0.4, 0.5) is 5.69 Å². The predicted octanol–water partition coefficient (Wildman–Crippen LogP) is 5.25. The van der Waals surface area contributed by atoms with Gasteiger partial charge in [-0.1, -0.05) is 24.3 Å². The van der Waals surface area contributed by atoms with Gasteiger partial charge in [0.2, 0.25) is 0 Å². The lowest BCUT2D eigenvalue weighted by molar-refractivity contribution is 0.102. The highest BCUT2D eigenvalue weighted by Gasteiger charge is 2.14. The van der Waals surface area contributed by atoms with E-state index >= 15 is 0 Å². The van der Waals surface area contributed by atoms with Crippen LogP contribution in [0.25, 0.3) is 22.4 Å². The SMILES string of the molecule is COc1ccc(-c2nc3ccccc3[nH]2)cc1NC(=O)c1ccccc1Br. The van der Waals surface area contributed by atoms with Crippen LogP contribution in [0.15, 0.2) is 71.2 Å². The molecular weight excluding hydrogens is 406 g/mol. The number of hydrogen-bond acceptors (Lipinski definition) is 3. The number of H-pyrrole nitrogens is 1. The molecule has 3 aromatic carbocycles. The number of benzene rings is 3. The van der Waals surface area contributed by atoms with E-state index in [9.17, 15) is 4.79 Å². The normalized spacial score (nSPS) is 10.7. The van der Waals surface area contributed by atoms with Crippen molar-refractivity contribution >= 4 is 38.6 Å². The van der Waals surface area contributed by atoms with E-state index < -0.39 is 0 Å². The van der Waals surface area contributed by atoms with Crippen molar-refractivity contribution < 1.29 is 9.53 Å². The molecule has 0 fully saturated rings. The summed E-state index contributed by atoms with van der Waals surface area (Å²) in [4.78, 5) is 20.6. The highest BCUT2D eigenvalue weighted by molar-refractivity contribution is 9.10. The number of carbonyl (C=O) groups is 1. The number of rotatable bonds is 4. The molecule has 0 saturated heterocycles. The van der Waals surface area contributed by atoms with E-state index in [1.54, 1.807) is 13.2 Å². The Morgan fingerprint density at radius 2 is 1.85 bits per heavy atom. The summed E-state index contributed by atoms with van der Waals surface area (Å²) < 4.78 is 6.14. The van der Waals surface area contributed by atoms with Crippen LogP contribution in [-0.4, -0.2) is 23.0 Å². The Morgan fingerprint density at radius 1 is 1.07 bits per heavy atom. The third-order valence-electron chi connectivity index (χ3n) is 4.23. The van der Waals surface area contributed by atoms with Gasteiger partial charge in [-0.2, -0.15) is 0 Å². The largest absolute Gasteiger partial charge is 0.495 e. The van der Waals surface area contributed by atoms with Gasteiger partial charge in [0.05, 0.1) is 29.4 Å². The second-order valence-electron chi connectivity index (χ2n) is 5.95. The number of nitrogens with zero attached hydrogens (tertiary/aromatic N) is 1. The van der Waals surface area contributed by atoms with Gasteiger partial charge >= 0.3 is 0 Å². The van der Waals surface area contributed by atoms with Crippen molar-refractivity contribution in [3.05, 3.63) is 76.8 Å². The van der Waals surface area contributed by atoms with Gasteiger partial charge in [0, 0.05) is 10.0 Å². The topological polar surface area (TPSA) is 67.0 Å². The molecule has 0 aliphatic heterocycles. The van der Waals surface area contributed by atoms with Crippen LogP contribution in [0.5, 0.6) is 5.75 Å². The third kappa shape index (κ3) is 3.44. The molecule has 1 amide bonds. The first kappa shape index (κ1) is 17.3. The number of methoxy groups -OCH3 is 1. The summed E-state index contributed by atoms with van der Waals surface area (Å²) in [7, 11) is 1.57. The second kappa shape index (κ2) is 7.25. The summed E-state index contributed by atoms with van der Waals surface area (Å²) in [5, 5.41) is 2.93. The molecule has 0 atom stereocenters. The number of carbonyl (C=O) groups excluding carboxylic acids is 1. The highest BCUT2D eigenvalue weighted by atomic mass is 79.9. The number of para-hydroxylation sites is 2. The number of nitrogens with one attached hydrogen (secondary N) is 2. The van der Waals surface area contributed by atoms with Gasteiger partial charge < -0.3 is 15.0 Å². The molecule has 0 spiro atoms. The zero-order chi connectivity index (χ0) is 18.8. The minimum absolute atomic E-state index is 0.220. The van der Waals surface area contributed by atoms with Crippen molar-refractivity contribution in [2.75, 3.05) is 12.4 Å². The lowest BCUT2D eigenvalue weighted by atomic mass is 10.1. The lowest BCUT2D eigenvalue weighted by Gasteiger charge is -2.12. The van der Waals surface area contributed by atoms with Crippen LogP contribution in [0.3, 0.4) is 0 Å². The summed E-state index contributed by atoms with van der Waals surface area (Å²) >= 11 is 3.41. The summed E-state index contributed by atoms with van der Waals surface area (Å²) in [6, 6.07) is 20.7. The van der Waals surface area contributed by atoms with Gasteiger partial charge in [0.15, 0.2) is 0 Å². The molecule has 2 N–H and O–H groups in total. The standard InChI is InChI=1S/C21H16BrN3O2/c1-27-19-11-10-13(20-23-16-8-4-5-9-17(16)24-20)12-18(19)25-21(26)14-6-2-3-7-15(14)22/h2-12H,1H3,(H,23,24)(H,25,26). The molecule has 0 saturated carbocycles. The molecule has 5 nitrogen and oxygen atoms in total. The number of aromatic amines is 1. The minimum Gasteiger partial charge on any atom is -0.495 e. The second-order valence-corrected chi connectivity index (χ2v) is 6.81. The Morgan fingerprint density at radius 3 is 2.63 bits per heavy atom. The van der Waals surface area contributed by atoms with E-state index in [0.717, 1.165) is 26.9 Å². The van der Waals surface area contributed by atoms with Crippen LogP contribution in [0.2, 0.25) is 0 Å². The molecule has 134 valence electrons. The number of imidazole rings is 1. The number of fused-ring (bicyclic) bond motifs is 1. The van der Waals surface area contributed by atoms with Crippen LogP contribution in [0.1, 0.15) is 10.4 Å². The van der Waals surface area contributed by atoms with E-state index in [-0.39, 0.29) is 5.91 Å². The molecular formula is C21H16BrN3O2. The molecule has 0 aliphatic rings. The van der Waals surface area contributed by atoms with Gasteiger partial charge in [-0.25, -0.2) is 4.98 Å². The molecule has 0 unspecified atom stereocenters. The van der Waals surface area contributed by atoms with Crippen molar-refractivity contribution in [1.82, 2.24) is 9.97 Å². The number of aromatic nitrogens is 2. The van der Waals surface area contributed by atoms with Crippen LogP contribution >= 0.6 is 15.9 Å². The molecule has 1 heterocycles. The van der Waals surface area contributed by atoms with Crippen molar-refractivity contribution in [2.45, 2.75) is 0 Å². The van der Waals surface area contributed by atoms with Crippen molar-refractivity contribution in [2.24, 2.45) is 0 Å². The molecule has 27 heavy (non-hydrogen) atoms. The maximum atomic E-state index is 12.7. The Bertz CT molecular complexity index is 1100. The average molecular weight is 422 g/mol. The molecule has 0 bridgehead atoms. The molecule has 4 rings (SSSR count). The Kier molecular flexibility index (Phi) is 4.64. The lowest BCUT2D eigenvalue weighted by Crippen LogP contribution is -2.13. The van der Waals surface area contributed by atoms with Crippen LogP contribution in [-0.2, 0) is 0 Å². The Hall–Kier alpha value is -3.12. The van der Waals surface area contributed by atoms with Crippen LogP contribution in [0, 0.1) is 0 Å². The van der Waals surface area contributed by atoms with Crippen molar-refractivity contribution in [1.29, 1.82) is 0 Å². The quantitative estimate of drug-likeness (QED) is 0.472. The number of amides is 1. The Balaban J connectivity index is 1.70. The number of hydrogen-bond donors (Lipinski definition) is 2. The van der Waals surface area contributed by atoms with Gasteiger partial charge in [-0.15, -0.1) is 0 Å². The first-order chi connectivity index (χ1) is 13.2. The zero-order valence-electron chi connectivity index (χ0n) is 14.5. The number of ether oxygens (including phenoxy) is 1. The number of halogens is 1.